The molecule has 96 valence electrons. The number of aromatic nitrogens is 1. The number of nitrogens with zero attached hydrogens (tertiary/aromatic N) is 1. The minimum Gasteiger partial charge on any atom is -0.443 e. The van der Waals surface area contributed by atoms with Gasteiger partial charge in [-0.05, 0) is 43.1 Å². The maximum Gasteiger partial charge on any atom is 0.194 e. The normalized spacial score (nSPS) is 10.9. The molecule has 2 aromatic heterocycles. The summed E-state index contributed by atoms with van der Waals surface area (Å²) in [6, 6.07) is 11.7. The summed E-state index contributed by atoms with van der Waals surface area (Å²) >= 11 is 5.81. The summed E-state index contributed by atoms with van der Waals surface area (Å²) in [6.07, 6.45) is 0. The van der Waals surface area contributed by atoms with Gasteiger partial charge < -0.3 is 8.94 Å². The lowest BCUT2D eigenvalue weighted by molar-refractivity contribution is 0.398. The molecular formula is C15H12ClNO2. The SMILES string of the molecule is Cc1ccc(-c2c(-c3ccc(Cl)o3)noc2C)cc1. The van der Waals surface area contributed by atoms with Crippen molar-refractivity contribution in [3.8, 4) is 22.6 Å². The van der Waals surface area contributed by atoms with Crippen LogP contribution in [0.4, 0.5) is 0 Å². The largest absolute Gasteiger partial charge is 0.443 e. The summed E-state index contributed by atoms with van der Waals surface area (Å²) < 4.78 is 10.7. The first kappa shape index (κ1) is 12.1. The Morgan fingerprint density at radius 3 is 2.37 bits per heavy atom. The molecule has 0 aliphatic heterocycles. The fourth-order valence-electron chi connectivity index (χ4n) is 2.04. The fraction of sp³-hybridized carbons (Fsp3) is 0.133. The Bertz CT molecular complexity index is 710. The van der Waals surface area contributed by atoms with E-state index >= 15 is 0 Å². The lowest BCUT2D eigenvalue weighted by Crippen LogP contribution is -1.83. The van der Waals surface area contributed by atoms with Crippen molar-refractivity contribution >= 4 is 11.6 Å². The third-order valence-corrected chi connectivity index (χ3v) is 3.21. The Morgan fingerprint density at radius 1 is 1.00 bits per heavy atom. The highest BCUT2D eigenvalue weighted by atomic mass is 35.5. The van der Waals surface area contributed by atoms with Gasteiger partial charge in [-0.15, -0.1) is 0 Å². The second kappa shape index (κ2) is 4.59. The molecule has 3 nitrogen and oxygen atoms in total. The Hall–Kier alpha value is -2.00. The van der Waals surface area contributed by atoms with Crippen molar-refractivity contribution in [2.75, 3.05) is 0 Å². The van der Waals surface area contributed by atoms with Gasteiger partial charge in [-0.1, -0.05) is 35.0 Å². The maximum absolute atomic E-state index is 5.81. The lowest BCUT2D eigenvalue weighted by atomic mass is 10.0. The molecule has 2 heterocycles. The number of hydrogen-bond donors (Lipinski definition) is 0. The van der Waals surface area contributed by atoms with Crippen LogP contribution in [0.15, 0.2) is 45.3 Å². The van der Waals surface area contributed by atoms with Gasteiger partial charge in [-0.3, -0.25) is 0 Å². The topological polar surface area (TPSA) is 39.2 Å². The van der Waals surface area contributed by atoms with Crippen LogP contribution in [0.2, 0.25) is 5.22 Å². The Labute approximate surface area is 115 Å². The molecule has 3 aromatic rings. The van der Waals surface area contributed by atoms with Gasteiger partial charge in [-0.25, -0.2) is 0 Å². The molecule has 0 radical (unpaired) electrons. The van der Waals surface area contributed by atoms with E-state index in [0.717, 1.165) is 16.9 Å². The first-order valence-corrected chi connectivity index (χ1v) is 6.32. The number of furan rings is 1. The predicted octanol–water partition coefficient (Wildman–Crippen LogP) is 4.87. The number of benzene rings is 1. The Balaban J connectivity index is 2.16. The summed E-state index contributed by atoms with van der Waals surface area (Å²) in [6.45, 7) is 3.94. The molecule has 0 aliphatic rings. The van der Waals surface area contributed by atoms with E-state index in [9.17, 15) is 0 Å². The molecule has 0 amide bonds. The van der Waals surface area contributed by atoms with Crippen molar-refractivity contribution in [1.29, 1.82) is 0 Å². The molecule has 0 aliphatic carbocycles. The van der Waals surface area contributed by atoms with E-state index in [1.807, 2.05) is 19.1 Å². The third-order valence-electron chi connectivity index (χ3n) is 3.01. The average molecular weight is 274 g/mol. The second-order valence-corrected chi connectivity index (χ2v) is 4.80. The van der Waals surface area contributed by atoms with Crippen molar-refractivity contribution in [2.45, 2.75) is 13.8 Å². The first-order chi connectivity index (χ1) is 9.15. The highest BCUT2D eigenvalue weighted by Gasteiger charge is 2.19. The third kappa shape index (κ3) is 2.17. The quantitative estimate of drug-likeness (QED) is 0.668. The molecule has 0 spiro atoms. The van der Waals surface area contributed by atoms with Gasteiger partial charge >= 0.3 is 0 Å². The summed E-state index contributed by atoms with van der Waals surface area (Å²) in [5.41, 5.74) is 3.87. The number of rotatable bonds is 2. The van der Waals surface area contributed by atoms with Crippen LogP contribution in [0.1, 0.15) is 11.3 Å². The number of hydrogen-bond acceptors (Lipinski definition) is 3. The van der Waals surface area contributed by atoms with Crippen LogP contribution < -0.4 is 0 Å². The van der Waals surface area contributed by atoms with Gasteiger partial charge in [0.15, 0.2) is 16.7 Å². The first-order valence-electron chi connectivity index (χ1n) is 5.94. The molecule has 3 rings (SSSR count). The van der Waals surface area contributed by atoms with Gasteiger partial charge in [0.1, 0.15) is 5.76 Å². The van der Waals surface area contributed by atoms with E-state index in [4.69, 9.17) is 20.5 Å². The molecule has 19 heavy (non-hydrogen) atoms. The van der Waals surface area contributed by atoms with Crippen LogP contribution in [-0.4, -0.2) is 5.16 Å². The zero-order valence-electron chi connectivity index (χ0n) is 10.6. The molecule has 0 bridgehead atoms. The molecular weight excluding hydrogens is 262 g/mol. The standard InChI is InChI=1S/C15H12ClNO2/c1-9-3-5-11(6-4-9)14-10(2)19-17-15(14)12-7-8-13(16)18-12/h3-8H,1-2H3. The van der Waals surface area contributed by atoms with Crippen LogP contribution >= 0.6 is 11.6 Å². The molecule has 4 heteroatoms. The van der Waals surface area contributed by atoms with Crippen molar-refractivity contribution in [1.82, 2.24) is 5.16 Å². The summed E-state index contributed by atoms with van der Waals surface area (Å²) in [7, 11) is 0. The van der Waals surface area contributed by atoms with Crippen LogP contribution in [-0.2, 0) is 0 Å². The zero-order valence-corrected chi connectivity index (χ0v) is 11.4. The monoisotopic (exact) mass is 273 g/mol. The fourth-order valence-corrected chi connectivity index (χ4v) is 2.19. The Kier molecular flexibility index (Phi) is 2.91. The van der Waals surface area contributed by atoms with Crippen molar-refractivity contribution < 1.29 is 8.94 Å². The predicted molar refractivity (Wildman–Crippen MR) is 74.1 cm³/mol. The van der Waals surface area contributed by atoms with Crippen LogP contribution in [0.5, 0.6) is 0 Å². The second-order valence-electron chi connectivity index (χ2n) is 4.43. The molecule has 0 atom stereocenters. The van der Waals surface area contributed by atoms with E-state index in [1.54, 1.807) is 12.1 Å². The van der Waals surface area contributed by atoms with Gasteiger partial charge in [0.25, 0.3) is 0 Å². The summed E-state index contributed by atoms with van der Waals surface area (Å²) in [4.78, 5) is 0. The van der Waals surface area contributed by atoms with E-state index < -0.39 is 0 Å². The molecule has 0 saturated carbocycles. The van der Waals surface area contributed by atoms with Crippen molar-refractivity contribution in [3.05, 3.63) is 52.9 Å². The van der Waals surface area contributed by atoms with Crippen molar-refractivity contribution in [2.24, 2.45) is 0 Å². The Morgan fingerprint density at radius 2 is 1.74 bits per heavy atom. The smallest absolute Gasteiger partial charge is 0.194 e. The molecule has 0 N–H and O–H groups in total. The lowest BCUT2D eigenvalue weighted by Gasteiger charge is -2.01. The minimum atomic E-state index is 0.338. The molecule has 0 unspecified atom stereocenters. The van der Waals surface area contributed by atoms with Gasteiger partial charge in [0, 0.05) is 0 Å². The van der Waals surface area contributed by atoms with Crippen LogP contribution in [0.3, 0.4) is 0 Å². The minimum absolute atomic E-state index is 0.338. The van der Waals surface area contributed by atoms with E-state index in [-0.39, 0.29) is 0 Å². The number of aryl methyl sites for hydroxylation is 2. The summed E-state index contributed by atoms with van der Waals surface area (Å²) in [5, 5.41) is 4.41. The van der Waals surface area contributed by atoms with Gasteiger partial charge in [-0.2, -0.15) is 0 Å². The van der Waals surface area contributed by atoms with Gasteiger partial charge in [0.05, 0.1) is 5.56 Å². The van der Waals surface area contributed by atoms with Crippen molar-refractivity contribution in [3.63, 3.8) is 0 Å². The zero-order chi connectivity index (χ0) is 13.4. The maximum atomic E-state index is 5.81. The van der Waals surface area contributed by atoms with E-state index in [0.29, 0.717) is 16.7 Å². The van der Waals surface area contributed by atoms with E-state index in [2.05, 4.69) is 24.2 Å². The summed E-state index contributed by atoms with van der Waals surface area (Å²) in [5.74, 6) is 1.36. The van der Waals surface area contributed by atoms with Crippen LogP contribution in [0, 0.1) is 13.8 Å². The molecule has 0 saturated heterocycles. The average Bonchev–Trinajstić information content (AvgIpc) is 2.97. The highest BCUT2D eigenvalue weighted by molar-refractivity contribution is 6.29. The highest BCUT2D eigenvalue weighted by Crippen LogP contribution is 2.35. The number of halogens is 1. The van der Waals surface area contributed by atoms with E-state index in [1.165, 1.54) is 5.56 Å². The molecule has 1 aromatic carbocycles. The van der Waals surface area contributed by atoms with Crippen LogP contribution in [0.25, 0.3) is 22.6 Å². The van der Waals surface area contributed by atoms with Gasteiger partial charge in [0.2, 0.25) is 0 Å². The molecule has 0 fully saturated rings.